The van der Waals surface area contributed by atoms with Crippen molar-refractivity contribution in [3.05, 3.63) is 222 Å². The van der Waals surface area contributed by atoms with Crippen LogP contribution < -0.4 is 4.74 Å². The van der Waals surface area contributed by atoms with Crippen molar-refractivity contribution < 1.29 is 4.74 Å². The minimum atomic E-state index is -0.391. The number of ether oxygens (including phenoxy) is 1. The molecule has 5 aliphatic rings. The van der Waals surface area contributed by atoms with E-state index in [1.165, 1.54) is 60.5 Å². The number of hydrogen-bond acceptors (Lipinski definition) is 1. The van der Waals surface area contributed by atoms with Crippen LogP contribution in [0.5, 0.6) is 11.5 Å². The first-order valence-corrected chi connectivity index (χ1v) is 18.8. The highest BCUT2D eigenvalue weighted by Crippen LogP contribution is 2.65. The zero-order chi connectivity index (χ0) is 34.7. The van der Waals surface area contributed by atoms with Crippen molar-refractivity contribution in [3.63, 3.8) is 0 Å². The Morgan fingerprint density at radius 3 is 2.25 bits per heavy atom. The van der Waals surface area contributed by atoms with E-state index in [0.717, 1.165) is 22.7 Å². The van der Waals surface area contributed by atoms with E-state index in [4.69, 9.17) is 4.74 Å². The lowest BCUT2D eigenvalue weighted by atomic mass is 9.62. The normalized spacial score (nSPS) is 24.2. The Hall–Kier alpha value is -6.38. The highest BCUT2D eigenvalue weighted by Gasteiger charge is 2.56. The molecule has 12 rings (SSSR count). The molecule has 6 aromatic carbocycles. The molecule has 250 valence electrons. The maximum atomic E-state index is 7.01. The molecule has 5 atom stereocenters. The molecule has 0 saturated heterocycles. The van der Waals surface area contributed by atoms with E-state index < -0.39 is 5.41 Å². The summed E-state index contributed by atoms with van der Waals surface area (Å²) in [6.45, 7) is 0. The van der Waals surface area contributed by atoms with Crippen molar-refractivity contribution in [2.75, 3.05) is 0 Å². The summed E-state index contributed by atoms with van der Waals surface area (Å²) in [5.74, 6) is 3.07. The molecular formula is C51H35NO. The number of allylic oxidation sites excluding steroid dienone is 12. The van der Waals surface area contributed by atoms with Crippen LogP contribution in [0.25, 0.3) is 38.3 Å². The van der Waals surface area contributed by atoms with Crippen LogP contribution in [0, 0.1) is 11.8 Å². The summed E-state index contributed by atoms with van der Waals surface area (Å²) in [4.78, 5) is 0. The van der Waals surface area contributed by atoms with Gasteiger partial charge in [-0.15, -0.1) is 0 Å². The van der Waals surface area contributed by atoms with Crippen LogP contribution in [0.1, 0.15) is 39.7 Å². The summed E-state index contributed by atoms with van der Waals surface area (Å²) in [5.41, 5.74) is 11.1. The molecule has 0 fully saturated rings. The molecule has 53 heavy (non-hydrogen) atoms. The topological polar surface area (TPSA) is 14.2 Å². The number of aromatic nitrogens is 1. The molecule has 0 N–H and O–H groups in total. The third kappa shape index (κ3) is 3.88. The molecular weight excluding hydrogens is 643 g/mol. The van der Waals surface area contributed by atoms with Crippen molar-refractivity contribution in [1.29, 1.82) is 0 Å². The SMILES string of the molecule is C1=CC2=CC=CC(c3ccc(-n4c5cc6c(cc5c5ccc7ccccc7c54)C4(c5ccccc5O6)c5ccccc5C5C=CC=CC54)cc3)C2C=C1. The first-order chi connectivity index (χ1) is 26.3. The molecule has 7 aromatic rings. The largest absolute Gasteiger partial charge is 0.457 e. The van der Waals surface area contributed by atoms with Gasteiger partial charge >= 0.3 is 0 Å². The standard InChI is InChI=1S/C51H35NO/c1-3-15-36-32(12-1)14-11-19-37(36)34-24-27-35(28-25-34)52-47-31-49-46(30-42(47)41-29-26-33-13-2-4-16-38(33)50(41)52)51(45-22-9-10-23-48(45)53-49)43-20-7-5-17-39(43)40-18-6-8-21-44(40)51/h1-31,36-37,39,43H. The Morgan fingerprint density at radius 2 is 1.30 bits per heavy atom. The summed E-state index contributed by atoms with van der Waals surface area (Å²) in [7, 11) is 0. The van der Waals surface area contributed by atoms with Crippen molar-refractivity contribution in [2.45, 2.75) is 17.3 Å². The van der Waals surface area contributed by atoms with Gasteiger partial charge in [0.25, 0.3) is 0 Å². The van der Waals surface area contributed by atoms with Crippen LogP contribution in [0.2, 0.25) is 0 Å². The Bertz CT molecular complexity index is 2890. The van der Waals surface area contributed by atoms with E-state index in [9.17, 15) is 0 Å². The monoisotopic (exact) mass is 677 g/mol. The fourth-order valence-electron chi connectivity index (χ4n) is 10.5. The highest BCUT2D eigenvalue weighted by molar-refractivity contribution is 6.19. The van der Waals surface area contributed by atoms with Gasteiger partial charge in [-0.2, -0.15) is 0 Å². The van der Waals surface area contributed by atoms with Gasteiger partial charge in [0.1, 0.15) is 11.5 Å². The van der Waals surface area contributed by atoms with Crippen molar-refractivity contribution >= 4 is 32.6 Å². The third-order valence-electron chi connectivity index (χ3n) is 12.7. The van der Waals surface area contributed by atoms with E-state index in [1.807, 2.05) is 0 Å². The molecule has 0 radical (unpaired) electrons. The number of benzene rings is 6. The molecule has 2 nitrogen and oxygen atoms in total. The summed E-state index contributed by atoms with van der Waals surface area (Å²) < 4.78 is 9.49. The second-order valence-electron chi connectivity index (χ2n) is 15.1. The predicted octanol–water partition coefficient (Wildman–Crippen LogP) is 12.5. The first kappa shape index (κ1) is 29.2. The minimum absolute atomic E-state index is 0.228. The molecule has 4 aliphatic carbocycles. The van der Waals surface area contributed by atoms with Crippen molar-refractivity contribution in [3.8, 4) is 17.2 Å². The number of nitrogens with zero attached hydrogens (tertiary/aromatic N) is 1. The second kappa shape index (κ2) is 10.8. The lowest BCUT2D eigenvalue weighted by Crippen LogP contribution is -2.37. The van der Waals surface area contributed by atoms with Gasteiger partial charge in [-0.1, -0.05) is 158 Å². The smallest absolute Gasteiger partial charge is 0.134 e. The summed E-state index contributed by atoms with van der Waals surface area (Å²) in [5, 5.41) is 4.99. The molecule has 1 aliphatic heterocycles. The number of fused-ring (bicyclic) bond motifs is 15. The fraction of sp³-hybridized carbons (Fsp3) is 0.0980. The van der Waals surface area contributed by atoms with E-state index in [0.29, 0.717) is 17.8 Å². The van der Waals surface area contributed by atoms with Gasteiger partial charge in [0.2, 0.25) is 0 Å². The molecule has 2 heterocycles. The van der Waals surface area contributed by atoms with Crippen molar-refractivity contribution in [1.82, 2.24) is 4.57 Å². The summed E-state index contributed by atoms with van der Waals surface area (Å²) >= 11 is 0. The maximum absolute atomic E-state index is 7.01. The molecule has 1 spiro atoms. The van der Waals surface area contributed by atoms with E-state index in [-0.39, 0.29) is 5.92 Å². The number of para-hydroxylation sites is 1. The van der Waals surface area contributed by atoms with Gasteiger partial charge in [-0.3, -0.25) is 0 Å². The van der Waals surface area contributed by atoms with Gasteiger partial charge in [0.05, 0.1) is 16.4 Å². The molecule has 1 aromatic heterocycles. The fourth-order valence-corrected chi connectivity index (χ4v) is 10.5. The second-order valence-corrected chi connectivity index (χ2v) is 15.1. The maximum Gasteiger partial charge on any atom is 0.134 e. The molecule has 5 unspecified atom stereocenters. The molecule has 2 heteroatoms. The minimum Gasteiger partial charge on any atom is -0.457 e. The van der Waals surface area contributed by atoms with Crippen LogP contribution in [0.3, 0.4) is 0 Å². The van der Waals surface area contributed by atoms with E-state index in [2.05, 4.69) is 193 Å². The van der Waals surface area contributed by atoms with Gasteiger partial charge in [-0.25, -0.2) is 0 Å². The van der Waals surface area contributed by atoms with Crippen LogP contribution >= 0.6 is 0 Å². The molecule has 0 amide bonds. The van der Waals surface area contributed by atoms with Gasteiger partial charge in [0.15, 0.2) is 0 Å². The highest BCUT2D eigenvalue weighted by atomic mass is 16.5. The first-order valence-electron chi connectivity index (χ1n) is 18.8. The average Bonchev–Trinajstić information content (AvgIpc) is 3.71. The number of hydrogen-bond donors (Lipinski definition) is 0. The lowest BCUT2D eigenvalue weighted by molar-refractivity contribution is 0.375. The average molecular weight is 678 g/mol. The van der Waals surface area contributed by atoms with Gasteiger partial charge in [-0.05, 0) is 51.9 Å². The molecule has 0 bridgehead atoms. The van der Waals surface area contributed by atoms with E-state index in [1.54, 1.807) is 0 Å². The lowest BCUT2D eigenvalue weighted by Gasteiger charge is -2.43. The van der Waals surface area contributed by atoms with Gasteiger partial charge < -0.3 is 9.30 Å². The Kier molecular flexibility index (Phi) is 5.97. The zero-order valence-corrected chi connectivity index (χ0v) is 29.1. The Balaban J connectivity index is 1.13. The summed E-state index contributed by atoms with van der Waals surface area (Å²) in [6.07, 6.45) is 25.0. The Labute approximate surface area is 308 Å². The number of rotatable bonds is 2. The zero-order valence-electron chi connectivity index (χ0n) is 29.1. The van der Waals surface area contributed by atoms with Crippen LogP contribution in [0.15, 0.2) is 194 Å². The van der Waals surface area contributed by atoms with Crippen LogP contribution in [0.4, 0.5) is 0 Å². The van der Waals surface area contributed by atoms with Gasteiger partial charge in [0, 0.05) is 62.7 Å². The third-order valence-corrected chi connectivity index (χ3v) is 12.7. The quantitative estimate of drug-likeness (QED) is 0.178. The Morgan fingerprint density at radius 1 is 0.528 bits per heavy atom. The summed E-state index contributed by atoms with van der Waals surface area (Å²) in [6, 6.07) is 45.4. The van der Waals surface area contributed by atoms with E-state index >= 15 is 0 Å². The van der Waals surface area contributed by atoms with Crippen LogP contribution in [-0.4, -0.2) is 4.57 Å². The predicted molar refractivity (Wildman–Crippen MR) is 217 cm³/mol. The van der Waals surface area contributed by atoms with Crippen LogP contribution in [-0.2, 0) is 5.41 Å². The molecule has 0 saturated carbocycles. The van der Waals surface area contributed by atoms with Crippen molar-refractivity contribution in [2.24, 2.45) is 11.8 Å².